The average Bonchev–Trinajstić information content (AvgIpc) is 3.47. The molecule has 4 bridgehead atoms. The van der Waals surface area contributed by atoms with E-state index in [1.165, 1.54) is 12.1 Å². The standard InChI is InChI=1S/C37H42N6O5S/c1-22(2)31-17-30-34(48-31)38-19-26(39-30)20-43-27(14-15-37(5,6)7)21-47-32-18-29(33-23(3)10-8-11-24(33)4)40-36(41-32)42-49(45,46)28-13-9-12-25(16-28)35(43)44/h8-13,16-19,22,27H,14-15,20-21H2,1-7H3,(H,40,41,42)/t27-/m1/s1. The number of hydrogen-bond donors (Lipinski definition) is 1. The van der Waals surface area contributed by atoms with Gasteiger partial charge in [0.15, 0.2) is 0 Å². The second-order valence-corrected chi connectivity index (χ2v) is 15.8. The number of aromatic nitrogens is 4. The first-order valence-corrected chi connectivity index (χ1v) is 17.9. The van der Waals surface area contributed by atoms with Crippen LogP contribution in [0.3, 0.4) is 0 Å². The van der Waals surface area contributed by atoms with Crippen LogP contribution < -0.4 is 9.46 Å². The fraction of sp³-hybridized carbons (Fsp3) is 0.378. The Morgan fingerprint density at radius 2 is 1.73 bits per heavy atom. The van der Waals surface area contributed by atoms with Crippen molar-refractivity contribution in [1.82, 2.24) is 24.8 Å². The van der Waals surface area contributed by atoms with Gasteiger partial charge in [-0.15, -0.1) is 0 Å². The van der Waals surface area contributed by atoms with Gasteiger partial charge in [-0.3, -0.25) is 4.79 Å². The van der Waals surface area contributed by atoms with Crippen LogP contribution in [0.2, 0.25) is 0 Å². The highest BCUT2D eigenvalue weighted by molar-refractivity contribution is 7.92. The molecule has 6 rings (SSSR count). The molecule has 256 valence electrons. The SMILES string of the molecule is Cc1cccc(C)c1-c1cc2nc(n1)NS(=O)(=O)c1cccc(c1)C(=O)N(Cc1cnc3oc(C(C)C)cc3n1)[C@H](CCC(C)(C)C)CO2. The van der Waals surface area contributed by atoms with Crippen LogP contribution in [-0.4, -0.2) is 51.8 Å². The number of nitrogens with zero attached hydrogens (tertiary/aromatic N) is 5. The van der Waals surface area contributed by atoms with Gasteiger partial charge in [-0.05, 0) is 61.4 Å². The van der Waals surface area contributed by atoms with E-state index in [1.54, 1.807) is 29.3 Å². The Labute approximate surface area is 287 Å². The molecular formula is C37H42N6O5S. The molecule has 0 unspecified atom stereocenters. The Morgan fingerprint density at radius 1 is 1.00 bits per heavy atom. The third kappa shape index (κ3) is 7.59. The lowest BCUT2D eigenvalue weighted by molar-refractivity contribution is 0.0550. The number of carbonyl (C=O) groups excluding carboxylic acids is 1. The average molecular weight is 683 g/mol. The molecule has 1 N–H and O–H groups in total. The molecule has 12 heteroatoms. The van der Waals surface area contributed by atoms with Gasteiger partial charge in [0.25, 0.3) is 15.9 Å². The van der Waals surface area contributed by atoms with E-state index in [2.05, 4.69) is 40.4 Å². The van der Waals surface area contributed by atoms with Crippen LogP contribution >= 0.6 is 0 Å². The van der Waals surface area contributed by atoms with Crippen LogP contribution in [0.1, 0.15) is 86.3 Å². The predicted octanol–water partition coefficient (Wildman–Crippen LogP) is 7.45. The lowest BCUT2D eigenvalue weighted by Crippen LogP contribution is -2.44. The van der Waals surface area contributed by atoms with Crippen LogP contribution in [0.5, 0.6) is 5.88 Å². The van der Waals surface area contributed by atoms with Crippen molar-refractivity contribution < 1.29 is 22.4 Å². The van der Waals surface area contributed by atoms with Crippen LogP contribution in [0.15, 0.2) is 70.1 Å². The maximum Gasteiger partial charge on any atom is 0.264 e. The van der Waals surface area contributed by atoms with Gasteiger partial charge in [-0.2, -0.15) is 4.98 Å². The summed E-state index contributed by atoms with van der Waals surface area (Å²) in [6.07, 6.45) is 3.00. The van der Waals surface area contributed by atoms with Gasteiger partial charge in [0.2, 0.25) is 17.5 Å². The molecule has 1 aliphatic rings. The molecule has 0 fully saturated rings. The van der Waals surface area contributed by atoms with Gasteiger partial charge in [0.1, 0.15) is 17.9 Å². The van der Waals surface area contributed by atoms with E-state index in [0.29, 0.717) is 29.0 Å². The first kappa shape index (κ1) is 34.0. The molecule has 49 heavy (non-hydrogen) atoms. The molecule has 1 atom stereocenters. The van der Waals surface area contributed by atoms with E-state index >= 15 is 0 Å². The lowest BCUT2D eigenvalue weighted by Gasteiger charge is -2.33. The number of nitrogens with one attached hydrogen (secondary N) is 1. The summed E-state index contributed by atoms with van der Waals surface area (Å²) in [7, 11) is -4.18. The zero-order valence-electron chi connectivity index (χ0n) is 28.9. The van der Waals surface area contributed by atoms with Gasteiger partial charge >= 0.3 is 0 Å². The van der Waals surface area contributed by atoms with Crippen molar-refractivity contribution in [2.24, 2.45) is 5.41 Å². The Kier molecular flexibility index (Phi) is 9.19. The van der Waals surface area contributed by atoms with E-state index in [-0.39, 0.29) is 52.7 Å². The van der Waals surface area contributed by atoms with E-state index < -0.39 is 16.1 Å². The van der Waals surface area contributed by atoms with Crippen LogP contribution in [0.25, 0.3) is 22.5 Å². The summed E-state index contributed by atoms with van der Waals surface area (Å²) in [5.41, 5.74) is 5.10. The summed E-state index contributed by atoms with van der Waals surface area (Å²) < 4.78 is 42.2. The highest BCUT2D eigenvalue weighted by Gasteiger charge is 2.30. The van der Waals surface area contributed by atoms with E-state index in [9.17, 15) is 13.2 Å². The van der Waals surface area contributed by atoms with Crippen molar-refractivity contribution in [3.8, 4) is 17.1 Å². The molecule has 0 saturated heterocycles. The van der Waals surface area contributed by atoms with Crippen molar-refractivity contribution in [1.29, 1.82) is 0 Å². The van der Waals surface area contributed by atoms with Gasteiger partial charge in [-0.1, -0.05) is 58.9 Å². The van der Waals surface area contributed by atoms with Crippen LogP contribution in [0.4, 0.5) is 5.95 Å². The fourth-order valence-electron chi connectivity index (χ4n) is 5.92. The number of fused-ring (bicyclic) bond motifs is 5. The summed E-state index contributed by atoms with van der Waals surface area (Å²) in [5, 5.41) is 0. The number of amides is 1. The highest BCUT2D eigenvalue weighted by atomic mass is 32.2. The quantitative estimate of drug-likeness (QED) is 0.193. The maximum atomic E-state index is 14.5. The largest absolute Gasteiger partial charge is 0.475 e. The summed E-state index contributed by atoms with van der Waals surface area (Å²) >= 11 is 0. The topological polar surface area (TPSA) is 140 Å². The number of anilines is 1. The lowest BCUT2D eigenvalue weighted by atomic mass is 9.88. The Morgan fingerprint density at radius 3 is 2.45 bits per heavy atom. The van der Waals surface area contributed by atoms with Crippen molar-refractivity contribution in [2.75, 3.05) is 11.3 Å². The molecule has 4 heterocycles. The maximum absolute atomic E-state index is 14.5. The van der Waals surface area contributed by atoms with E-state index in [4.69, 9.17) is 14.1 Å². The second-order valence-electron chi connectivity index (χ2n) is 14.2. The van der Waals surface area contributed by atoms with E-state index in [0.717, 1.165) is 28.9 Å². The van der Waals surface area contributed by atoms with Crippen molar-refractivity contribution in [3.63, 3.8) is 0 Å². The Bertz CT molecular complexity index is 2120. The minimum absolute atomic E-state index is 0.0336. The molecule has 11 nitrogen and oxygen atoms in total. The normalized spacial score (nSPS) is 16.4. The Hall–Kier alpha value is -4.84. The third-order valence-electron chi connectivity index (χ3n) is 8.62. The molecule has 0 aliphatic carbocycles. The summed E-state index contributed by atoms with van der Waals surface area (Å²) in [6.45, 7) is 14.7. The minimum atomic E-state index is -4.18. The van der Waals surface area contributed by atoms with Crippen LogP contribution in [0, 0.1) is 19.3 Å². The zero-order chi connectivity index (χ0) is 35.1. The van der Waals surface area contributed by atoms with Gasteiger partial charge in [0, 0.05) is 29.2 Å². The van der Waals surface area contributed by atoms with E-state index in [1.807, 2.05) is 52.0 Å². The summed E-state index contributed by atoms with van der Waals surface area (Å²) in [6, 6.07) is 15.1. The molecule has 2 aromatic carbocycles. The molecular weight excluding hydrogens is 641 g/mol. The second kappa shape index (κ2) is 13.2. The first-order valence-electron chi connectivity index (χ1n) is 16.4. The number of hydrogen-bond acceptors (Lipinski definition) is 9. The predicted molar refractivity (Wildman–Crippen MR) is 188 cm³/mol. The number of sulfonamides is 1. The smallest absolute Gasteiger partial charge is 0.264 e. The number of carbonyl (C=O) groups is 1. The minimum Gasteiger partial charge on any atom is -0.475 e. The van der Waals surface area contributed by atoms with Crippen molar-refractivity contribution in [2.45, 2.75) is 84.7 Å². The van der Waals surface area contributed by atoms with Crippen molar-refractivity contribution in [3.05, 3.63) is 88.9 Å². The first-order chi connectivity index (χ1) is 23.2. The number of rotatable bonds is 6. The monoisotopic (exact) mass is 682 g/mol. The summed E-state index contributed by atoms with van der Waals surface area (Å²) in [4.78, 5) is 34.5. The van der Waals surface area contributed by atoms with Crippen molar-refractivity contribution >= 4 is 33.1 Å². The zero-order valence-corrected chi connectivity index (χ0v) is 29.8. The van der Waals surface area contributed by atoms with Gasteiger partial charge in [0.05, 0.1) is 35.1 Å². The fourth-order valence-corrected chi connectivity index (χ4v) is 6.91. The number of benzene rings is 2. The Balaban J connectivity index is 1.48. The number of ether oxygens (including phenoxy) is 1. The summed E-state index contributed by atoms with van der Waals surface area (Å²) in [5.74, 6) is 0.640. The van der Waals surface area contributed by atoms with Gasteiger partial charge < -0.3 is 14.1 Å². The molecule has 3 aromatic heterocycles. The number of furan rings is 1. The molecule has 5 aromatic rings. The van der Waals surface area contributed by atoms with Gasteiger partial charge in [-0.25, -0.2) is 28.1 Å². The molecule has 1 aliphatic heterocycles. The molecule has 0 spiro atoms. The number of aryl methyl sites for hydroxylation is 2. The molecule has 0 saturated carbocycles. The third-order valence-corrected chi connectivity index (χ3v) is 9.94. The molecule has 1 amide bonds. The highest BCUT2D eigenvalue weighted by Crippen LogP contribution is 2.31. The molecule has 0 radical (unpaired) electrons. The van der Waals surface area contributed by atoms with Crippen LogP contribution in [-0.2, 0) is 16.6 Å².